The van der Waals surface area contributed by atoms with Crippen molar-refractivity contribution in [3.05, 3.63) is 118 Å². The van der Waals surface area contributed by atoms with Gasteiger partial charge in [0, 0.05) is 17.5 Å². The van der Waals surface area contributed by atoms with E-state index in [-0.39, 0.29) is 33.9 Å². The fourth-order valence-corrected chi connectivity index (χ4v) is 7.40. The summed E-state index contributed by atoms with van der Waals surface area (Å²) in [7, 11) is -8.57. The van der Waals surface area contributed by atoms with Gasteiger partial charge in [0.05, 0.1) is 22.9 Å². The summed E-state index contributed by atoms with van der Waals surface area (Å²) in [5.74, 6) is -4.12. The largest absolute Gasteiger partial charge is 0.379 e. The van der Waals surface area contributed by atoms with Crippen molar-refractivity contribution in [2.45, 2.75) is 34.5 Å². The van der Waals surface area contributed by atoms with Gasteiger partial charge in [-0.15, -0.1) is 0 Å². The topological polar surface area (TPSA) is 131 Å². The summed E-state index contributed by atoms with van der Waals surface area (Å²) in [5, 5.41) is 11.4. The molecule has 206 valence electrons. The Hall–Kier alpha value is -3.87. The van der Waals surface area contributed by atoms with E-state index in [1.165, 1.54) is 43.3 Å². The number of benzene rings is 3. The lowest BCUT2D eigenvalue weighted by Crippen LogP contribution is -2.36. The van der Waals surface area contributed by atoms with Crippen LogP contribution in [-0.2, 0) is 37.4 Å². The van der Waals surface area contributed by atoms with Crippen molar-refractivity contribution in [1.29, 1.82) is 0 Å². The highest BCUT2D eigenvalue weighted by atomic mass is 32.2. The van der Waals surface area contributed by atoms with E-state index in [0.29, 0.717) is 0 Å². The summed E-state index contributed by atoms with van der Waals surface area (Å²) >= 11 is 0. The van der Waals surface area contributed by atoms with Gasteiger partial charge in [-0.2, -0.15) is 0 Å². The highest BCUT2D eigenvalue weighted by Crippen LogP contribution is 2.38. The normalized spacial score (nSPS) is 16.9. The maximum Gasteiger partial charge on any atom is 0.213 e. The minimum absolute atomic E-state index is 0.158. The predicted molar refractivity (Wildman–Crippen MR) is 140 cm³/mol. The number of ketones is 1. The maximum atomic E-state index is 14.4. The molecule has 40 heavy (non-hydrogen) atoms. The van der Waals surface area contributed by atoms with Gasteiger partial charge in [-0.25, -0.2) is 35.6 Å². The standard InChI is InChI=1S/C28H22F2N2O6S2/c1-28(34)18-9-3-2-8-17(18)26(33)25-27(28)32-22(16-40(37,38)24-13-7-5-11-20(24)30)21(31-25)14-15-39(35,36)23-12-6-4-10-19(23)29/h2-13,34H,14-16H2,1H3/t28-/m1/s1. The summed E-state index contributed by atoms with van der Waals surface area (Å²) in [6.45, 7) is 1.38. The number of rotatable bonds is 7. The second kappa shape index (κ2) is 9.95. The van der Waals surface area contributed by atoms with Crippen LogP contribution in [0.4, 0.5) is 8.78 Å². The van der Waals surface area contributed by atoms with Crippen molar-refractivity contribution >= 4 is 25.5 Å². The molecule has 0 unspecified atom stereocenters. The zero-order valence-corrected chi connectivity index (χ0v) is 22.6. The molecule has 0 radical (unpaired) electrons. The Morgan fingerprint density at radius 3 is 1.95 bits per heavy atom. The molecule has 8 nitrogen and oxygen atoms in total. The number of aromatic nitrogens is 2. The minimum atomic E-state index is -4.37. The van der Waals surface area contributed by atoms with Crippen molar-refractivity contribution in [2.24, 2.45) is 0 Å². The molecule has 3 aromatic carbocycles. The third kappa shape index (κ3) is 4.82. The van der Waals surface area contributed by atoms with Crippen LogP contribution in [0.2, 0.25) is 0 Å². The number of nitrogens with zero attached hydrogens (tertiary/aromatic N) is 2. The smallest absolute Gasteiger partial charge is 0.213 e. The molecule has 1 heterocycles. The maximum absolute atomic E-state index is 14.4. The van der Waals surface area contributed by atoms with Gasteiger partial charge in [0.2, 0.25) is 5.78 Å². The number of aryl methyl sites for hydroxylation is 1. The van der Waals surface area contributed by atoms with E-state index in [9.17, 15) is 35.5 Å². The Morgan fingerprint density at radius 2 is 1.32 bits per heavy atom. The second-order valence-corrected chi connectivity index (χ2v) is 13.5. The number of halogens is 2. The van der Waals surface area contributed by atoms with Gasteiger partial charge < -0.3 is 5.11 Å². The number of hydrogen-bond donors (Lipinski definition) is 1. The van der Waals surface area contributed by atoms with E-state index >= 15 is 0 Å². The summed E-state index contributed by atoms with van der Waals surface area (Å²) in [6, 6.07) is 15.8. The Balaban J connectivity index is 1.64. The van der Waals surface area contributed by atoms with Gasteiger partial charge in [0.15, 0.2) is 19.7 Å². The SMILES string of the molecule is C[C@@]1(O)c2ccccc2C(=O)c2nc(CCS(=O)(=O)c3ccccc3F)c(CS(=O)(=O)c3ccccc3F)nc21. The summed E-state index contributed by atoms with van der Waals surface area (Å²) in [5.41, 5.74) is -2.36. The molecule has 4 aromatic rings. The summed E-state index contributed by atoms with van der Waals surface area (Å²) < 4.78 is 81.0. The minimum Gasteiger partial charge on any atom is -0.379 e. The van der Waals surface area contributed by atoms with E-state index in [2.05, 4.69) is 9.97 Å². The van der Waals surface area contributed by atoms with Gasteiger partial charge in [0.1, 0.15) is 38.4 Å². The van der Waals surface area contributed by atoms with Gasteiger partial charge in [0.25, 0.3) is 0 Å². The molecule has 0 fully saturated rings. The molecule has 1 aliphatic carbocycles. The lowest BCUT2D eigenvalue weighted by molar-refractivity contribution is 0.0820. The monoisotopic (exact) mass is 584 g/mol. The number of sulfone groups is 2. The van der Waals surface area contributed by atoms with Gasteiger partial charge >= 0.3 is 0 Å². The molecule has 0 spiro atoms. The molecule has 1 atom stereocenters. The van der Waals surface area contributed by atoms with E-state index in [1.54, 1.807) is 12.1 Å². The molecule has 0 saturated carbocycles. The quantitative estimate of drug-likeness (QED) is 0.349. The number of fused-ring (bicyclic) bond motifs is 2. The average Bonchev–Trinajstić information content (AvgIpc) is 2.91. The van der Waals surface area contributed by atoms with Crippen molar-refractivity contribution in [2.75, 3.05) is 5.75 Å². The summed E-state index contributed by atoms with van der Waals surface area (Å²) in [6.07, 6.45) is -0.434. The Kier molecular flexibility index (Phi) is 6.89. The highest BCUT2D eigenvalue weighted by molar-refractivity contribution is 7.91. The Morgan fingerprint density at radius 1 is 0.775 bits per heavy atom. The van der Waals surface area contributed by atoms with Crippen LogP contribution in [0.1, 0.15) is 45.6 Å². The Bertz CT molecular complexity index is 1890. The van der Waals surface area contributed by atoms with Crippen molar-refractivity contribution in [3.8, 4) is 0 Å². The zero-order chi connectivity index (χ0) is 28.9. The molecule has 12 heteroatoms. The first kappa shape index (κ1) is 27.7. The van der Waals surface area contributed by atoms with Crippen LogP contribution < -0.4 is 0 Å². The van der Waals surface area contributed by atoms with Crippen molar-refractivity contribution < 1.29 is 35.5 Å². The van der Waals surface area contributed by atoms with Crippen LogP contribution in [0.5, 0.6) is 0 Å². The van der Waals surface area contributed by atoms with Gasteiger partial charge in [-0.3, -0.25) is 4.79 Å². The van der Waals surface area contributed by atoms with Crippen LogP contribution >= 0.6 is 0 Å². The first-order valence-corrected chi connectivity index (χ1v) is 15.3. The lowest BCUT2D eigenvalue weighted by atomic mass is 9.80. The van der Waals surface area contributed by atoms with E-state index in [4.69, 9.17) is 0 Å². The summed E-state index contributed by atoms with van der Waals surface area (Å²) in [4.78, 5) is 20.8. The van der Waals surface area contributed by atoms with Gasteiger partial charge in [-0.1, -0.05) is 48.5 Å². The fraction of sp³-hybridized carbons (Fsp3) is 0.179. The van der Waals surface area contributed by atoms with Crippen LogP contribution in [0.3, 0.4) is 0 Å². The molecule has 1 N–H and O–H groups in total. The number of hydrogen-bond acceptors (Lipinski definition) is 8. The molecule has 0 saturated heterocycles. The first-order valence-electron chi connectivity index (χ1n) is 12.0. The van der Waals surface area contributed by atoms with Crippen molar-refractivity contribution in [1.82, 2.24) is 9.97 Å². The third-order valence-corrected chi connectivity index (χ3v) is 10.1. The number of carbonyl (C=O) groups is 1. The number of carbonyl (C=O) groups excluding carboxylic acids is 1. The zero-order valence-electron chi connectivity index (χ0n) is 21.0. The van der Waals surface area contributed by atoms with Crippen LogP contribution in [0.15, 0.2) is 82.6 Å². The van der Waals surface area contributed by atoms with E-state index in [1.807, 2.05) is 0 Å². The number of aliphatic hydroxyl groups is 1. The second-order valence-electron chi connectivity index (χ2n) is 9.45. The predicted octanol–water partition coefficient (Wildman–Crippen LogP) is 3.55. The van der Waals surface area contributed by atoms with Crippen LogP contribution in [0.25, 0.3) is 0 Å². The molecule has 5 rings (SSSR count). The molecule has 1 aromatic heterocycles. The van der Waals surface area contributed by atoms with Crippen LogP contribution in [-0.4, -0.2) is 43.4 Å². The van der Waals surface area contributed by atoms with E-state index < -0.39 is 70.4 Å². The van der Waals surface area contributed by atoms with Gasteiger partial charge in [-0.05, 0) is 31.2 Å². The average molecular weight is 585 g/mol. The van der Waals surface area contributed by atoms with Crippen LogP contribution in [0, 0.1) is 11.6 Å². The molecular weight excluding hydrogens is 562 g/mol. The molecule has 0 amide bonds. The molecule has 0 bridgehead atoms. The van der Waals surface area contributed by atoms with Crippen molar-refractivity contribution in [3.63, 3.8) is 0 Å². The Labute approximate surface area is 229 Å². The third-order valence-electron chi connectivity index (χ3n) is 6.70. The molecule has 1 aliphatic rings. The first-order chi connectivity index (χ1) is 18.8. The highest BCUT2D eigenvalue weighted by Gasteiger charge is 2.42. The van der Waals surface area contributed by atoms with E-state index in [0.717, 1.165) is 24.3 Å². The fourth-order valence-electron chi connectivity index (χ4n) is 4.67. The molecule has 0 aliphatic heterocycles. The molecular formula is C28H22F2N2O6S2. The lowest BCUT2D eigenvalue weighted by Gasteiger charge is -2.31.